The molecule has 0 radical (unpaired) electrons. The smallest absolute Gasteiger partial charge is 0.0995 e. The molecule has 1 aliphatic rings. The molecule has 1 saturated heterocycles. The van der Waals surface area contributed by atoms with Gasteiger partial charge in [-0.3, -0.25) is 4.90 Å². The third-order valence-corrected chi connectivity index (χ3v) is 4.10. The first-order chi connectivity index (χ1) is 9.55. The largest absolute Gasteiger partial charge is 0.375 e. The van der Waals surface area contributed by atoms with Crippen LogP contribution in [0.4, 0.5) is 0 Å². The summed E-state index contributed by atoms with van der Waals surface area (Å²) < 4.78 is 5.81. The predicted octanol–water partition coefficient (Wildman–Crippen LogP) is 3.34. The zero-order valence-corrected chi connectivity index (χ0v) is 12.7. The van der Waals surface area contributed by atoms with Gasteiger partial charge in [0, 0.05) is 19.2 Å². The molecule has 0 spiro atoms. The Bertz CT molecular complexity index is 490. The van der Waals surface area contributed by atoms with Crippen molar-refractivity contribution in [2.75, 3.05) is 13.2 Å². The average molecular weight is 272 g/mol. The van der Waals surface area contributed by atoms with Crippen LogP contribution in [0.25, 0.3) is 0 Å². The molecule has 108 valence electrons. The Labute approximate surface area is 122 Å². The Morgan fingerprint density at radius 1 is 1.40 bits per heavy atom. The minimum absolute atomic E-state index is 0.0366. The molecule has 1 aromatic rings. The molecule has 2 rings (SSSR count). The van der Waals surface area contributed by atoms with Gasteiger partial charge < -0.3 is 4.74 Å². The van der Waals surface area contributed by atoms with Crippen LogP contribution in [0.2, 0.25) is 0 Å². The molecule has 3 heteroatoms. The molecule has 0 N–H and O–H groups in total. The van der Waals surface area contributed by atoms with E-state index in [1.807, 2.05) is 18.2 Å². The second-order valence-electron chi connectivity index (χ2n) is 6.09. The highest BCUT2D eigenvalue weighted by Gasteiger charge is 2.31. The number of rotatable bonds is 4. The summed E-state index contributed by atoms with van der Waals surface area (Å²) in [5.74, 6) is 0. The molecule has 3 nitrogen and oxygen atoms in total. The first-order valence-corrected chi connectivity index (χ1v) is 7.42. The molecule has 0 aromatic heterocycles. The Balaban J connectivity index is 2.11. The van der Waals surface area contributed by atoms with Crippen LogP contribution in [0.1, 0.15) is 44.7 Å². The normalized spacial score (nSPS) is 21.6. The molecule has 1 fully saturated rings. The van der Waals surface area contributed by atoms with E-state index in [0.717, 1.165) is 43.7 Å². The summed E-state index contributed by atoms with van der Waals surface area (Å²) in [5, 5.41) is 9.21. The van der Waals surface area contributed by atoms with Crippen molar-refractivity contribution in [1.29, 1.82) is 5.26 Å². The monoisotopic (exact) mass is 272 g/mol. The van der Waals surface area contributed by atoms with Crippen molar-refractivity contribution in [3.05, 3.63) is 35.4 Å². The van der Waals surface area contributed by atoms with Gasteiger partial charge in [0.25, 0.3) is 0 Å². The van der Waals surface area contributed by atoms with E-state index in [1.165, 1.54) is 0 Å². The van der Waals surface area contributed by atoms with E-state index in [4.69, 9.17) is 4.74 Å². The fourth-order valence-electron chi connectivity index (χ4n) is 3.00. The van der Waals surface area contributed by atoms with E-state index < -0.39 is 0 Å². The molecule has 1 atom stereocenters. The van der Waals surface area contributed by atoms with E-state index in [0.29, 0.717) is 6.04 Å². The minimum Gasteiger partial charge on any atom is -0.375 e. The predicted molar refractivity (Wildman–Crippen MR) is 80.3 cm³/mol. The Hall–Kier alpha value is -1.37. The molecule has 0 saturated carbocycles. The summed E-state index contributed by atoms with van der Waals surface area (Å²) in [6.45, 7) is 9.19. The van der Waals surface area contributed by atoms with Crippen LogP contribution in [0.5, 0.6) is 0 Å². The van der Waals surface area contributed by atoms with Crippen LogP contribution >= 0.6 is 0 Å². The van der Waals surface area contributed by atoms with E-state index in [1.54, 1.807) is 0 Å². The molecule has 0 amide bonds. The van der Waals surface area contributed by atoms with Crippen LogP contribution < -0.4 is 0 Å². The fraction of sp³-hybridized carbons (Fsp3) is 0.588. The van der Waals surface area contributed by atoms with Crippen LogP contribution in [-0.2, 0) is 11.3 Å². The van der Waals surface area contributed by atoms with Crippen molar-refractivity contribution >= 4 is 0 Å². The lowest BCUT2D eigenvalue weighted by Crippen LogP contribution is -2.45. The summed E-state index contributed by atoms with van der Waals surface area (Å²) in [7, 11) is 0. The first kappa shape index (κ1) is 15.0. The highest BCUT2D eigenvalue weighted by Crippen LogP contribution is 2.28. The van der Waals surface area contributed by atoms with E-state index >= 15 is 0 Å². The van der Waals surface area contributed by atoms with Gasteiger partial charge in [0.05, 0.1) is 17.2 Å². The minimum atomic E-state index is -0.0366. The summed E-state index contributed by atoms with van der Waals surface area (Å²) in [6.07, 6.45) is 2.13. The summed E-state index contributed by atoms with van der Waals surface area (Å²) >= 11 is 0. The standard InChI is InChI=1S/C17H24N2O/c1-4-19(16-9-10-20-17(2,3)11-16)13-15-8-6-5-7-14(15)12-18/h5-8,16H,4,9-11,13H2,1-3H3/t16-/m0/s1. The first-order valence-electron chi connectivity index (χ1n) is 7.42. The summed E-state index contributed by atoms with van der Waals surface area (Å²) in [5.41, 5.74) is 1.88. The topological polar surface area (TPSA) is 36.3 Å². The number of hydrogen-bond donors (Lipinski definition) is 0. The third-order valence-electron chi connectivity index (χ3n) is 4.10. The van der Waals surface area contributed by atoms with Crippen LogP contribution in [0.3, 0.4) is 0 Å². The molecule has 20 heavy (non-hydrogen) atoms. The number of ether oxygens (including phenoxy) is 1. The van der Waals surface area contributed by atoms with Gasteiger partial charge in [-0.25, -0.2) is 0 Å². The number of hydrogen-bond acceptors (Lipinski definition) is 3. The van der Waals surface area contributed by atoms with Gasteiger partial charge >= 0.3 is 0 Å². The highest BCUT2D eigenvalue weighted by molar-refractivity contribution is 5.37. The van der Waals surface area contributed by atoms with Crippen LogP contribution in [0.15, 0.2) is 24.3 Å². The lowest BCUT2D eigenvalue weighted by Gasteiger charge is -2.41. The molecule has 0 bridgehead atoms. The third kappa shape index (κ3) is 3.59. The van der Waals surface area contributed by atoms with Gasteiger partial charge in [-0.1, -0.05) is 25.1 Å². The molecular formula is C17H24N2O. The zero-order chi connectivity index (χ0) is 14.6. The van der Waals surface area contributed by atoms with Gasteiger partial charge in [-0.05, 0) is 44.9 Å². The molecule has 1 heterocycles. The van der Waals surface area contributed by atoms with Crippen molar-refractivity contribution in [2.24, 2.45) is 0 Å². The summed E-state index contributed by atoms with van der Waals surface area (Å²) in [4.78, 5) is 2.47. The maximum atomic E-state index is 9.21. The van der Waals surface area contributed by atoms with Crippen molar-refractivity contribution in [3.8, 4) is 6.07 Å². The van der Waals surface area contributed by atoms with Crippen LogP contribution in [0, 0.1) is 11.3 Å². The van der Waals surface area contributed by atoms with Crippen molar-refractivity contribution in [3.63, 3.8) is 0 Å². The maximum absolute atomic E-state index is 9.21. The second-order valence-corrected chi connectivity index (χ2v) is 6.09. The lowest BCUT2D eigenvalue weighted by atomic mass is 9.92. The van der Waals surface area contributed by atoms with Crippen molar-refractivity contribution in [1.82, 2.24) is 4.90 Å². The molecule has 1 aromatic carbocycles. The van der Waals surface area contributed by atoms with Gasteiger partial charge in [0.15, 0.2) is 0 Å². The van der Waals surface area contributed by atoms with Gasteiger partial charge in [-0.15, -0.1) is 0 Å². The molecule has 0 unspecified atom stereocenters. The van der Waals surface area contributed by atoms with Gasteiger partial charge in [-0.2, -0.15) is 5.26 Å². The number of nitriles is 1. The zero-order valence-electron chi connectivity index (χ0n) is 12.7. The van der Waals surface area contributed by atoms with E-state index in [9.17, 15) is 5.26 Å². The Morgan fingerprint density at radius 2 is 2.15 bits per heavy atom. The molecule has 0 aliphatic carbocycles. The Morgan fingerprint density at radius 3 is 2.80 bits per heavy atom. The van der Waals surface area contributed by atoms with Crippen molar-refractivity contribution in [2.45, 2.75) is 51.8 Å². The lowest BCUT2D eigenvalue weighted by molar-refractivity contribution is -0.0838. The molecule has 1 aliphatic heterocycles. The van der Waals surface area contributed by atoms with Crippen molar-refractivity contribution < 1.29 is 4.74 Å². The Kier molecular flexibility index (Phi) is 4.80. The number of benzene rings is 1. The van der Waals surface area contributed by atoms with Gasteiger partial charge in [0.2, 0.25) is 0 Å². The van der Waals surface area contributed by atoms with Crippen LogP contribution in [-0.4, -0.2) is 29.7 Å². The average Bonchev–Trinajstić information content (AvgIpc) is 2.44. The quantitative estimate of drug-likeness (QED) is 0.843. The fourth-order valence-corrected chi connectivity index (χ4v) is 3.00. The highest BCUT2D eigenvalue weighted by atomic mass is 16.5. The maximum Gasteiger partial charge on any atom is 0.0995 e. The second kappa shape index (κ2) is 6.39. The number of nitrogens with zero attached hydrogens (tertiary/aromatic N) is 2. The van der Waals surface area contributed by atoms with E-state index in [2.05, 4.69) is 37.8 Å². The molecular weight excluding hydrogens is 248 g/mol. The van der Waals surface area contributed by atoms with E-state index in [-0.39, 0.29) is 5.60 Å². The SMILES string of the molecule is CCN(Cc1ccccc1C#N)[C@H]1CCOC(C)(C)C1. The summed E-state index contributed by atoms with van der Waals surface area (Å²) in [6, 6.07) is 10.7. The van der Waals surface area contributed by atoms with Gasteiger partial charge in [0.1, 0.15) is 0 Å².